The van der Waals surface area contributed by atoms with Crippen LogP contribution in [-0.4, -0.2) is 47.7 Å². The highest BCUT2D eigenvalue weighted by atomic mass is 31.1. The average Bonchev–Trinajstić information content (AvgIpc) is 2.86. The van der Waals surface area contributed by atoms with Gasteiger partial charge in [-0.2, -0.15) is 0 Å². The lowest BCUT2D eigenvalue weighted by Crippen LogP contribution is -2.53. The Kier molecular flexibility index (Phi) is 13.5. The second-order valence-corrected chi connectivity index (χ2v) is 12.5. The highest BCUT2D eigenvalue weighted by molar-refractivity contribution is 7.39. The summed E-state index contributed by atoms with van der Waals surface area (Å²) in [5.74, 6) is -2.64. The zero-order valence-corrected chi connectivity index (χ0v) is 24.1. The number of methoxy groups -OCH3 is 1. The molecule has 1 saturated carbocycles. The van der Waals surface area contributed by atoms with Crippen molar-refractivity contribution >= 4 is 19.8 Å². The molecule has 0 saturated heterocycles. The van der Waals surface area contributed by atoms with Crippen LogP contribution in [0, 0.1) is 11.8 Å². The summed E-state index contributed by atoms with van der Waals surface area (Å²) < 4.78 is 23.8. The molecule has 0 aromatic heterocycles. The fourth-order valence-corrected chi connectivity index (χ4v) is 6.00. The van der Waals surface area contributed by atoms with Gasteiger partial charge in [0.1, 0.15) is 5.85 Å². The molecule has 8 nitrogen and oxygen atoms in total. The first kappa shape index (κ1) is 31.6. The SMILES string of the molecule is COC(C)(C)O[PH](=O)C(O)[C@H](CC1CCCCC1)N[C@@H](CC(C)C)C(=O)NC(=O)CCc1ccccc1. The summed E-state index contributed by atoms with van der Waals surface area (Å²) in [6, 6.07) is 8.33. The van der Waals surface area contributed by atoms with Gasteiger partial charge in [-0.25, -0.2) is 0 Å². The van der Waals surface area contributed by atoms with Gasteiger partial charge < -0.3 is 9.84 Å². The first-order chi connectivity index (χ1) is 17.5. The first-order valence-electron chi connectivity index (χ1n) is 13.6. The van der Waals surface area contributed by atoms with Crippen LogP contribution < -0.4 is 10.6 Å². The molecule has 1 aromatic carbocycles. The number of aryl methyl sites for hydroxylation is 1. The molecule has 2 amide bonds. The second kappa shape index (κ2) is 15.7. The van der Waals surface area contributed by atoms with E-state index >= 15 is 0 Å². The van der Waals surface area contributed by atoms with Crippen LogP contribution in [0.5, 0.6) is 0 Å². The summed E-state index contributed by atoms with van der Waals surface area (Å²) in [6.45, 7) is 7.28. The van der Waals surface area contributed by atoms with Gasteiger partial charge in [0, 0.05) is 19.6 Å². The fourth-order valence-electron chi connectivity index (χ4n) is 4.75. The van der Waals surface area contributed by atoms with Gasteiger partial charge >= 0.3 is 0 Å². The smallest absolute Gasteiger partial charge is 0.243 e. The number of rotatable bonds is 15. The quantitative estimate of drug-likeness (QED) is 0.217. The molecule has 0 heterocycles. The second-order valence-electron chi connectivity index (χ2n) is 11.1. The van der Waals surface area contributed by atoms with Crippen LogP contribution in [-0.2, 0) is 29.8 Å². The monoisotopic (exact) mass is 538 g/mol. The third-order valence-electron chi connectivity index (χ3n) is 6.96. The number of benzene rings is 1. The van der Waals surface area contributed by atoms with E-state index in [-0.39, 0.29) is 18.2 Å². The number of imide groups is 1. The molecule has 210 valence electrons. The standard InChI is InChI=1S/C28H47N2O6P/c1-20(2)18-23(26(32)30-25(31)17-16-21-12-8-6-9-13-21)29-24(19-22-14-10-7-11-15-22)27(33)37(34)36-28(3,4)35-5/h6,8-9,12-13,20,22-24,27,29,33,37H,7,10-11,14-19H2,1-5H3,(H,30,31,32)/t23-,24-,27?/m0/s1. The largest absolute Gasteiger partial charge is 0.382 e. The van der Waals surface area contributed by atoms with E-state index in [1.165, 1.54) is 13.5 Å². The highest BCUT2D eigenvalue weighted by Crippen LogP contribution is 2.38. The molecular weight excluding hydrogens is 491 g/mol. The van der Waals surface area contributed by atoms with Gasteiger partial charge in [0.2, 0.25) is 19.8 Å². The van der Waals surface area contributed by atoms with Crippen LogP contribution >= 0.6 is 8.03 Å². The average molecular weight is 539 g/mol. The minimum absolute atomic E-state index is 0.163. The molecular formula is C28H47N2O6P. The van der Waals surface area contributed by atoms with Gasteiger partial charge in [0.05, 0.1) is 6.04 Å². The van der Waals surface area contributed by atoms with E-state index in [9.17, 15) is 19.3 Å². The Morgan fingerprint density at radius 1 is 1.14 bits per heavy atom. The van der Waals surface area contributed by atoms with Crippen LogP contribution in [0.1, 0.15) is 84.6 Å². The molecule has 1 aromatic rings. The Bertz CT molecular complexity index is 857. The predicted molar refractivity (Wildman–Crippen MR) is 146 cm³/mol. The van der Waals surface area contributed by atoms with Crippen molar-refractivity contribution in [3.8, 4) is 0 Å². The van der Waals surface area contributed by atoms with Gasteiger partial charge in [-0.05, 0) is 50.5 Å². The van der Waals surface area contributed by atoms with Crippen LogP contribution in [0.4, 0.5) is 0 Å². The number of nitrogens with one attached hydrogen (secondary N) is 2. The predicted octanol–water partition coefficient (Wildman–Crippen LogP) is 4.80. The van der Waals surface area contributed by atoms with Crippen LogP contribution in [0.25, 0.3) is 0 Å². The van der Waals surface area contributed by atoms with Crippen molar-refractivity contribution in [2.45, 2.75) is 109 Å². The molecule has 1 aliphatic rings. The normalized spacial score (nSPS) is 18.2. The number of hydrogen-bond donors (Lipinski definition) is 3. The molecule has 1 fully saturated rings. The van der Waals surface area contributed by atoms with Gasteiger partial charge in [-0.1, -0.05) is 76.3 Å². The molecule has 0 bridgehead atoms. The summed E-state index contributed by atoms with van der Waals surface area (Å²) in [5, 5.41) is 16.9. The number of carbonyl (C=O) groups excluding carboxylic acids is 2. The molecule has 2 unspecified atom stereocenters. The minimum Gasteiger partial charge on any atom is -0.382 e. The topological polar surface area (TPSA) is 114 Å². The molecule has 9 heteroatoms. The van der Waals surface area contributed by atoms with Gasteiger partial charge in [0.25, 0.3) is 0 Å². The molecule has 1 aliphatic carbocycles. The van der Waals surface area contributed by atoms with Crippen molar-refractivity contribution in [2.75, 3.05) is 7.11 Å². The molecule has 2 rings (SSSR count). The number of aliphatic hydroxyl groups is 1. The summed E-state index contributed by atoms with van der Waals surface area (Å²) in [5.41, 5.74) is 1.03. The maximum atomic E-state index is 13.2. The van der Waals surface area contributed by atoms with Crippen molar-refractivity contribution in [2.24, 2.45) is 11.8 Å². The molecule has 37 heavy (non-hydrogen) atoms. The van der Waals surface area contributed by atoms with E-state index in [0.717, 1.165) is 31.2 Å². The van der Waals surface area contributed by atoms with Crippen LogP contribution in [0.3, 0.4) is 0 Å². The Morgan fingerprint density at radius 3 is 2.38 bits per heavy atom. The third-order valence-corrected chi connectivity index (χ3v) is 8.54. The van der Waals surface area contributed by atoms with E-state index < -0.39 is 37.7 Å². The maximum Gasteiger partial charge on any atom is 0.243 e. The van der Waals surface area contributed by atoms with Crippen molar-refractivity contribution in [1.82, 2.24) is 10.6 Å². The molecule has 0 aliphatic heterocycles. The number of aliphatic hydroxyl groups excluding tert-OH is 1. The van der Waals surface area contributed by atoms with Crippen molar-refractivity contribution in [3.05, 3.63) is 35.9 Å². The lowest BCUT2D eigenvalue weighted by molar-refractivity contribution is -0.134. The number of amides is 2. The fraction of sp³-hybridized carbons (Fsp3) is 0.714. The van der Waals surface area contributed by atoms with Crippen molar-refractivity contribution in [3.63, 3.8) is 0 Å². The molecule has 0 radical (unpaired) electrons. The lowest BCUT2D eigenvalue weighted by atomic mass is 9.84. The van der Waals surface area contributed by atoms with Crippen molar-refractivity contribution in [1.29, 1.82) is 0 Å². The Morgan fingerprint density at radius 2 is 1.78 bits per heavy atom. The summed E-state index contributed by atoms with van der Waals surface area (Å²) in [7, 11) is -1.47. The Labute approximate surface area is 223 Å². The first-order valence-corrected chi connectivity index (χ1v) is 15.0. The number of carbonyl (C=O) groups is 2. The number of hydrogen-bond acceptors (Lipinski definition) is 7. The molecule has 3 N–H and O–H groups in total. The van der Waals surface area contributed by atoms with Crippen molar-refractivity contribution < 1.29 is 28.5 Å². The van der Waals surface area contributed by atoms with E-state index in [1.54, 1.807) is 13.8 Å². The van der Waals surface area contributed by atoms with Gasteiger partial charge in [-0.3, -0.25) is 29.3 Å². The van der Waals surface area contributed by atoms with E-state index in [1.807, 2.05) is 44.2 Å². The highest BCUT2D eigenvalue weighted by Gasteiger charge is 2.35. The maximum absolute atomic E-state index is 13.2. The zero-order chi connectivity index (χ0) is 27.4. The van der Waals surface area contributed by atoms with Gasteiger partial charge in [-0.15, -0.1) is 0 Å². The van der Waals surface area contributed by atoms with E-state index in [2.05, 4.69) is 10.6 Å². The van der Waals surface area contributed by atoms with E-state index in [4.69, 9.17) is 9.26 Å². The van der Waals surface area contributed by atoms with Crippen LogP contribution in [0.15, 0.2) is 30.3 Å². The summed E-state index contributed by atoms with van der Waals surface area (Å²) in [4.78, 5) is 25.8. The third kappa shape index (κ3) is 11.8. The summed E-state index contributed by atoms with van der Waals surface area (Å²) >= 11 is 0. The summed E-state index contributed by atoms with van der Waals surface area (Å²) in [6.07, 6.45) is 7.32. The lowest BCUT2D eigenvalue weighted by Gasteiger charge is -2.34. The molecule has 0 spiro atoms. The Balaban J connectivity index is 2.11. The zero-order valence-electron chi connectivity index (χ0n) is 23.1. The number of ether oxygens (including phenoxy) is 1. The molecule has 4 atom stereocenters. The Hall–Kier alpha value is -1.57. The van der Waals surface area contributed by atoms with E-state index in [0.29, 0.717) is 25.2 Å². The minimum atomic E-state index is -2.93. The van der Waals surface area contributed by atoms with Gasteiger partial charge in [0.15, 0.2) is 5.79 Å². The van der Waals surface area contributed by atoms with Crippen LogP contribution in [0.2, 0.25) is 0 Å².